The molecule has 1 amide bonds. The zero-order chi connectivity index (χ0) is 11.1. The molecular weight excluding hydrogens is 194 g/mol. The van der Waals surface area contributed by atoms with E-state index in [0.29, 0.717) is 32.7 Å². The zero-order valence-corrected chi connectivity index (χ0v) is 9.03. The lowest BCUT2D eigenvalue weighted by molar-refractivity contribution is -0.121. The lowest BCUT2D eigenvalue weighted by Crippen LogP contribution is -2.43. The standard InChI is InChI=1S/C10H17N3O2/c1-2-12-10(14)3-4-13-5-6-15-9(7-11)8-13/h9H,2-6,8H2,1H3,(H,12,14). The second-order valence-electron chi connectivity index (χ2n) is 3.49. The average molecular weight is 211 g/mol. The molecule has 84 valence electrons. The third kappa shape index (κ3) is 4.28. The van der Waals surface area contributed by atoms with Crippen molar-refractivity contribution >= 4 is 5.91 Å². The first-order chi connectivity index (χ1) is 7.26. The van der Waals surface area contributed by atoms with E-state index in [4.69, 9.17) is 10.00 Å². The Balaban J connectivity index is 2.21. The summed E-state index contributed by atoms with van der Waals surface area (Å²) in [4.78, 5) is 13.3. The molecule has 15 heavy (non-hydrogen) atoms. The van der Waals surface area contributed by atoms with Crippen molar-refractivity contribution < 1.29 is 9.53 Å². The maximum atomic E-state index is 11.2. The van der Waals surface area contributed by atoms with Crippen molar-refractivity contribution in [1.29, 1.82) is 5.26 Å². The highest BCUT2D eigenvalue weighted by atomic mass is 16.5. The van der Waals surface area contributed by atoms with Crippen LogP contribution in [0.25, 0.3) is 0 Å². The average Bonchev–Trinajstić information content (AvgIpc) is 2.27. The number of morpholine rings is 1. The second kappa shape index (κ2) is 6.38. The van der Waals surface area contributed by atoms with Gasteiger partial charge >= 0.3 is 0 Å². The predicted octanol–water partition coefficient (Wildman–Crippen LogP) is -0.263. The van der Waals surface area contributed by atoms with Gasteiger partial charge in [-0.3, -0.25) is 9.69 Å². The maximum absolute atomic E-state index is 11.2. The van der Waals surface area contributed by atoms with Crippen LogP contribution >= 0.6 is 0 Å². The summed E-state index contributed by atoms with van der Waals surface area (Å²) in [5.41, 5.74) is 0. The molecule has 1 N–H and O–H groups in total. The van der Waals surface area contributed by atoms with E-state index in [0.717, 1.165) is 6.54 Å². The summed E-state index contributed by atoms with van der Waals surface area (Å²) in [7, 11) is 0. The number of rotatable bonds is 4. The van der Waals surface area contributed by atoms with Gasteiger partial charge in [-0.1, -0.05) is 0 Å². The Morgan fingerprint density at radius 2 is 2.53 bits per heavy atom. The summed E-state index contributed by atoms with van der Waals surface area (Å²) in [6, 6.07) is 2.08. The van der Waals surface area contributed by atoms with E-state index in [1.54, 1.807) is 0 Å². The van der Waals surface area contributed by atoms with Crippen LogP contribution in [0.3, 0.4) is 0 Å². The van der Waals surface area contributed by atoms with Crippen molar-refractivity contribution in [3.05, 3.63) is 0 Å². The summed E-state index contributed by atoms with van der Waals surface area (Å²) in [6.45, 7) is 5.26. The van der Waals surface area contributed by atoms with Crippen molar-refractivity contribution in [3.63, 3.8) is 0 Å². The molecule has 5 nitrogen and oxygen atoms in total. The van der Waals surface area contributed by atoms with E-state index in [1.165, 1.54) is 0 Å². The van der Waals surface area contributed by atoms with Gasteiger partial charge in [-0.15, -0.1) is 0 Å². The maximum Gasteiger partial charge on any atom is 0.221 e. The molecule has 0 radical (unpaired) electrons. The predicted molar refractivity (Wildman–Crippen MR) is 55.1 cm³/mol. The van der Waals surface area contributed by atoms with Crippen LogP contribution < -0.4 is 5.32 Å². The van der Waals surface area contributed by atoms with Gasteiger partial charge in [0.2, 0.25) is 5.91 Å². The number of ether oxygens (including phenoxy) is 1. The molecule has 1 unspecified atom stereocenters. The number of hydrogen-bond donors (Lipinski definition) is 1. The minimum absolute atomic E-state index is 0.0671. The third-order valence-electron chi connectivity index (χ3n) is 2.32. The molecule has 1 aliphatic heterocycles. The van der Waals surface area contributed by atoms with E-state index in [9.17, 15) is 4.79 Å². The number of carbonyl (C=O) groups excluding carboxylic acids is 1. The lowest BCUT2D eigenvalue weighted by atomic mass is 10.2. The highest BCUT2D eigenvalue weighted by molar-refractivity contribution is 5.75. The van der Waals surface area contributed by atoms with Crippen LogP contribution in [0.2, 0.25) is 0 Å². The smallest absolute Gasteiger partial charge is 0.221 e. The highest BCUT2D eigenvalue weighted by Crippen LogP contribution is 2.04. The fourth-order valence-corrected chi connectivity index (χ4v) is 1.53. The van der Waals surface area contributed by atoms with Crippen molar-refractivity contribution in [2.75, 3.05) is 32.8 Å². The summed E-state index contributed by atoms with van der Waals surface area (Å²) >= 11 is 0. The van der Waals surface area contributed by atoms with E-state index in [2.05, 4.69) is 16.3 Å². The fraction of sp³-hybridized carbons (Fsp3) is 0.800. The second-order valence-corrected chi connectivity index (χ2v) is 3.49. The number of carbonyl (C=O) groups is 1. The molecule has 1 aliphatic rings. The summed E-state index contributed by atoms with van der Waals surface area (Å²) in [5, 5.41) is 11.4. The Kier molecular flexibility index (Phi) is 5.08. The number of amides is 1. The van der Waals surface area contributed by atoms with Crippen LogP contribution in [-0.4, -0.2) is 49.7 Å². The Labute approximate surface area is 90.0 Å². The van der Waals surface area contributed by atoms with Crippen LogP contribution in [0, 0.1) is 11.3 Å². The number of nitrogens with one attached hydrogen (secondary N) is 1. The topological polar surface area (TPSA) is 65.4 Å². The molecule has 1 saturated heterocycles. The molecule has 0 aromatic rings. The molecule has 0 spiro atoms. The van der Waals surface area contributed by atoms with Gasteiger partial charge in [0.15, 0.2) is 6.10 Å². The van der Waals surface area contributed by atoms with Gasteiger partial charge in [-0.25, -0.2) is 0 Å². The largest absolute Gasteiger partial charge is 0.361 e. The van der Waals surface area contributed by atoms with Crippen molar-refractivity contribution in [3.8, 4) is 6.07 Å². The molecule has 1 heterocycles. The third-order valence-corrected chi connectivity index (χ3v) is 2.32. The van der Waals surface area contributed by atoms with E-state index < -0.39 is 0 Å². The molecule has 0 aromatic carbocycles. The molecule has 1 rings (SSSR count). The minimum atomic E-state index is -0.340. The van der Waals surface area contributed by atoms with Gasteiger partial charge < -0.3 is 10.1 Å². The van der Waals surface area contributed by atoms with E-state index in [1.807, 2.05) is 6.92 Å². The van der Waals surface area contributed by atoms with Crippen LogP contribution in [0.15, 0.2) is 0 Å². The molecule has 1 fully saturated rings. The van der Waals surface area contributed by atoms with Gasteiger partial charge in [-0.05, 0) is 6.92 Å². The minimum Gasteiger partial charge on any atom is -0.361 e. The Bertz CT molecular complexity index is 250. The lowest BCUT2D eigenvalue weighted by Gasteiger charge is -2.29. The Morgan fingerprint density at radius 3 is 3.20 bits per heavy atom. The quantitative estimate of drug-likeness (QED) is 0.695. The van der Waals surface area contributed by atoms with Crippen molar-refractivity contribution in [2.24, 2.45) is 0 Å². The molecule has 1 atom stereocenters. The monoisotopic (exact) mass is 211 g/mol. The first kappa shape index (κ1) is 12.0. The summed E-state index contributed by atoms with van der Waals surface area (Å²) in [5.74, 6) is 0.0671. The van der Waals surface area contributed by atoms with Crippen molar-refractivity contribution in [1.82, 2.24) is 10.2 Å². The van der Waals surface area contributed by atoms with Crippen molar-refractivity contribution in [2.45, 2.75) is 19.4 Å². The SMILES string of the molecule is CCNC(=O)CCN1CCOC(C#N)C1. The molecule has 0 aliphatic carbocycles. The zero-order valence-electron chi connectivity index (χ0n) is 9.03. The van der Waals surface area contributed by atoms with Gasteiger partial charge in [-0.2, -0.15) is 5.26 Å². The fourth-order valence-electron chi connectivity index (χ4n) is 1.53. The van der Waals surface area contributed by atoms with Gasteiger partial charge in [0.25, 0.3) is 0 Å². The molecule has 0 saturated carbocycles. The summed E-state index contributed by atoms with van der Waals surface area (Å²) < 4.78 is 5.21. The Hall–Kier alpha value is -1.12. The highest BCUT2D eigenvalue weighted by Gasteiger charge is 2.19. The number of nitrogens with zero attached hydrogens (tertiary/aromatic N) is 2. The van der Waals surface area contributed by atoms with Crippen LogP contribution in [0.5, 0.6) is 0 Å². The number of nitriles is 1. The van der Waals surface area contributed by atoms with Crippen LogP contribution in [0.1, 0.15) is 13.3 Å². The molecule has 5 heteroatoms. The Morgan fingerprint density at radius 1 is 1.73 bits per heavy atom. The van der Waals surface area contributed by atoms with E-state index >= 15 is 0 Å². The molecule has 0 aromatic heterocycles. The van der Waals surface area contributed by atoms with Gasteiger partial charge in [0, 0.05) is 32.6 Å². The van der Waals surface area contributed by atoms with Gasteiger partial charge in [0.1, 0.15) is 0 Å². The number of hydrogen-bond acceptors (Lipinski definition) is 4. The van der Waals surface area contributed by atoms with Crippen LogP contribution in [0.4, 0.5) is 0 Å². The normalized spacial score (nSPS) is 22.0. The first-order valence-corrected chi connectivity index (χ1v) is 5.26. The van der Waals surface area contributed by atoms with Gasteiger partial charge in [0.05, 0.1) is 12.7 Å². The summed E-state index contributed by atoms with van der Waals surface area (Å²) in [6.07, 6.45) is 0.152. The molecular formula is C10H17N3O2. The first-order valence-electron chi connectivity index (χ1n) is 5.26. The molecule has 0 bridgehead atoms. The van der Waals surface area contributed by atoms with E-state index in [-0.39, 0.29) is 12.0 Å². The van der Waals surface area contributed by atoms with Crippen LogP contribution in [-0.2, 0) is 9.53 Å².